The van der Waals surface area contributed by atoms with E-state index < -0.39 is 0 Å². The molecule has 0 radical (unpaired) electrons. The third-order valence-corrected chi connectivity index (χ3v) is 3.58. The number of rotatable bonds is 2. The number of hydrogen-bond donors (Lipinski definition) is 0. The quantitative estimate of drug-likeness (QED) is 0.661. The molecular weight excluding hydrogens is 314 g/mol. The van der Waals surface area contributed by atoms with E-state index in [-0.39, 0.29) is 0 Å². The molecule has 0 unspecified atom stereocenters. The summed E-state index contributed by atoms with van der Waals surface area (Å²) in [5, 5.41) is 1.91. The molecule has 94 valence electrons. The van der Waals surface area contributed by atoms with Gasteiger partial charge in [0.05, 0.1) is 22.2 Å². The van der Waals surface area contributed by atoms with Crippen LogP contribution in [0.4, 0.5) is 0 Å². The summed E-state index contributed by atoms with van der Waals surface area (Å²) in [6.45, 7) is 0. The average molecular weight is 322 g/mol. The molecule has 2 aromatic rings. The van der Waals surface area contributed by atoms with Crippen molar-refractivity contribution in [2.24, 2.45) is 0 Å². The van der Waals surface area contributed by atoms with Crippen molar-refractivity contribution in [2.75, 3.05) is 7.11 Å². The van der Waals surface area contributed by atoms with Gasteiger partial charge in [0.25, 0.3) is 0 Å². The number of halogens is 4. The number of hydrogen-bond acceptors (Lipinski definition) is 1. The van der Waals surface area contributed by atoms with Crippen molar-refractivity contribution in [3.63, 3.8) is 0 Å². The molecule has 0 spiro atoms. The highest BCUT2D eigenvalue weighted by atomic mass is 35.5. The molecule has 2 aromatic carbocycles. The van der Waals surface area contributed by atoms with Gasteiger partial charge in [0.2, 0.25) is 0 Å². The van der Waals surface area contributed by atoms with Gasteiger partial charge in [0.15, 0.2) is 0 Å². The summed E-state index contributed by atoms with van der Waals surface area (Å²) in [7, 11) is 1.58. The molecule has 0 fully saturated rings. The van der Waals surface area contributed by atoms with E-state index in [1.807, 2.05) is 6.07 Å². The van der Waals surface area contributed by atoms with Crippen LogP contribution < -0.4 is 4.74 Å². The van der Waals surface area contributed by atoms with E-state index in [2.05, 4.69) is 0 Å². The standard InChI is InChI=1S/C13H8Cl4O/c1-18-8-2-3-9(10(15)6-8)13-11(16)4-7(14)5-12(13)17/h2-6H,1H3. The molecule has 0 bridgehead atoms. The second-order valence-corrected chi connectivity index (χ2v) is 5.25. The van der Waals surface area contributed by atoms with Crippen LogP contribution in [-0.4, -0.2) is 7.11 Å². The van der Waals surface area contributed by atoms with E-state index in [1.54, 1.807) is 31.4 Å². The van der Waals surface area contributed by atoms with Crippen LogP contribution in [0.3, 0.4) is 0 Å². The molecule has 0 aliphatic heterocycles. The van der Waals surface area contributed by atoms with Gasteiger partial charge in [-0.1, -0.05) is 46.4 Å². The summed E-state index contributed by atoms with van der Waals surface area (Å²) in [4.78, 5) is 0. The van der Waals surface area contributed by atoms with Crippen molar-refractivity contribution < 1.29 is 4.74 Å². The van der Waals surface area contributed by atoms with E-state index in [0.29, 0.717) is 31.4 Å². The molecule has 0 aromatic heterocycles. The Balaban J connectivity index is 2.62. The minimum absolute atomic E-state index is 0.458. The molecule has 5 heteroatoms. The topological polar surface area (TPSA) is 9.23 Å². The lowest BCUT2D eigenvalue weighted by Crippen LogP contribution is -1.87. The number of benzene rings is 2. The fraction of sp³-hybridized carbons (Fsp3) is 0.0769. The van der Waals surface area contributed by atoms with Crippen LogP contribution >= 0.6 is 46.4 Å². The van der Waals surface area contributed by atoms with Gasteiger partial charge < -0.3 is 4.74 Å². The second kappa shape index (κ2) is 5.58. The minimum atomic E-state index is 0.458. The monoisotopic (exact) mass is 320 g/mol. The Hall–Kier alpha value is -0.600. The SMILES string of the molecule is COc1ccc(-c2c(Cl)cc(Cl)cc2Cl)c(Cl)c1. The molecule has 0 amide bonds. The number of methoxy groups -OCH3 is 1. The van der Waals surface area contributed by atoms with Gasteiger partial charge in [0, 0.05) is 16.1 Å². The highest BCUT2D eigenvalue weighted by molar-refractivity contribution is 6.43. The first-order chi connectivity index (χ1) is 8.52. The van der Waals surface area contributed by atoms with Gasteiger partial charge >= 0.3 is 0 Å². The molecule has 2 rings (SSSR count). The zero-order valence-corrected chi connectivity index (χ0v) is 12.3. The fourth-order valence-corrected chi connectivity index (χ4v) is 2.91. The maximum Gasteiger partial charge on any atom is 0.120 e. The Kier molecular flexibility index (Phi) is 4.29. The Labute approximate surface area is 125 Å². The summed E-state index contributed by atoms with van der Waals surface area (Å²) in [6.07, 6.45) is 0. The molecule has 0 N–H and O–H groups in total. The molecule has 1 nitrogen and oxygen atoms in total. The summed E-state index contributed by atoms with van der Waals surface area (Å²) in [5.74, 6) is 0.671. The van der Waals surface area contributed by atoms with E-state index >= 15 is 0 Å². The van der Waals surface area contributed by atoms with Gasteiger partial charge in [-0.15, -0.1) is 0 Å². The lowest BCUT2D eigenvalue weighted by Gasteiger charge is -2.11. The highest BCUT2D eigenvalue weighted by Crippen LogP contribution is 2.41. The van der Waals surface area contributed by atoms with Crippen molar-refractivity contribution in [3.8, 4) is 16.9 Å². The molecule has 0 aliphatic rings. The smallest absolute Gasteiger partial charge is 0.120 e. The van der Waals surface area contributed by atoms with Crippen molar-refractivity contribution >= 4 is 46.4 Å². The zero-order valence-electron chi connectivity index (χ0n) is 9.31. The Morgan fingerprint density at radius 1 is 0.833 bits per heavy atom. The molecule has 18 heavy (non-hydrogen) atoms. The predicted molar refractivity (Wildman–Crippen MR) is 78.5 cm³/mol. The summed E-state index contributed by atoms with van der Waals surface area (Å²) >= 11 is 24.4. The van der Waals surface area contributed by atoms with Gasteiger partial charge in [0.1, 0.15) is 5.75 Å². The van der Waals surface area contributed by atoms with Crippen LogP contribution in [0, 0.1) is 0 Å². The van der Waals surface area contributed by atoms with Crippen LogP contribution in [0.15, 0.2) is 30.3 Å². The normalized spacial score (nSPS) is 10.5. The van der Waals surface area contributed by atoms with Gasteiger partial charge in [-0.2, -0.15) is 0 Å². The van der Waals surface area contributed by atoms with Crippen molar-refractivity contribution in [3.05, 3.63) is 50.4 Å². The highest BCUT2D eigenvalue weighted by Gasteiger charge is 2.13. The van der Waals surface area contributed by atoms with E-state index in [4.69, 9.17) is 51.1 Å². The van der Waals surface area contributed by atoms with Crippen molar-refractivity contribution in [1.29, 1.82) is 0 Å². The maximum atomic E-state index is 6.20. The molecule has 0 atom stereocenters. The predicted octanol–water partition coefficient (Wildman–Crippen LogP) is 5.98. The lowest BCUT2D eigenvalue weighted by molar-refractivity contribution is 0.415. The second-order valence-electron chi connectivity index (χ2n) is 3.59. The van der Waals surface area contributed by atoms with E-state index in [0.717, 1.165) is 5.56 Å². The van der Waals surface area contributed by atoms with E-state index in [1.165, 1.54) is 0 Å². The fourth-order valence-electron chi connectivity index (χ4n) is 1.63. The van der Waals surface area contributed by atoms with Crippen LogP contribution in [0.5, 0.6) is 5.75 Å². The number of ether oxygens (including phenoxy) is 1. The lowest BCUT2D eigenvalue weighted by atomic mass is 10.1. The average Bonchev–Trinajstić information content (AvgIpc) is 2.29. The summed E-state index contributed by atoms with van der Waals surface area (Å²) in [6, 6.07) is 8.57. The maximum absolute atomic E-state index is 6.20. The molecule has 0 aliphatic carbocycles. The molecule has 0 heterocycles. The van der Waals surface area contributed by atoms with E-state index in [9.17, 15) is 0 Å². The third kappa shape index (κ3) is 2.70. The minimum Gasteiger partial charge on any atom is -0.497 e. The molecular formula is C13H8Cl4O. The van der Waals surface area contributed by atoms with Crippen LogP contribution in [-0.2, 0) is 0 Å². The van der Waals surface area contributed by atoms with Crippen LogP contribution in [0.2, 0.25) is 20.1 Å². The first-order valence-electron chi connectivity index (χ1n) is 5.01. The first kappa shape index (κ1) is 13.8. The van der Waals surface area contributed by atoms with Crippen molar-refractivity contribution in [1.82, 2.24) is 0 Å². The summed E-state index contributed by atoms with van der Waals surface area (Å²) < 4.78 is 5.09. The zero-order chi connectivity index (χ0) is 13.3. The summed E-state index contributed by atoms with van der Waals surface area (Å²) in [5.41, 5.74) is 1.40. The van der Waals surface area contributed by atoms with Crippen LogP contribution in [0.1, 0.15) is 0 Å². The third-order valence-electron chi connectivity index (χ3n) is 2.45. The molecule has 0 saturated carbocycles. The van der Waals surface area contributed by atoms with Gasteiger partial charge in [-0.3, -0.25) is 0 Å². The van der Waals surface area contributed by atoms with Crippen molar-refractivity contribution in [2.45, 2.75) is 0 Å². The molecule has 0 saturated heterocycles. The Bertz CT molecular complexity index is 573. The largest absolute Gasteiger partial charge is 0.497 e. The Morgan fingerprint density at radius 2 is 1.44 bits per heavy atom. The van der Waals surface area contributed by atoms with Gasteiger partial charge in [-0.05, 0) is 30.3 Å². The van der Waals surface area contributed by atoms with Gasteiger partial charge in [-0.25, -0.2) is 0 Å². The van der Waals surface area contributed by atoms with Crippen LogP contribution in [0.25, 0.3) is 11.1 Å². The first-order valence-corrected chi connectivity index (χ1v) is 6.52. The Morgan fingerprint density at radius 3 is 1.94 bits per heavy atom.